The van der Waals surface area contributed by atoms with Gasteiger partial charge in [0.05, 0.1) is 6.10 Å². The third-order valence-corrected chi connectivity index (χ3v) is 6.74. The lowest BCUT2D eigenvalue weighted by molar-refractivity contribution is -0.139. The van der Waals surface area contributed by atoms with Crippen LogP contribution in [-0.4, -0.2) is 23.8 Å². The van der Waals surface area contributed by atoms with Crippen LogP contribution in [0.3, 0.4) is 0 Å². The van der Waals surface area contributed by atoms with E-state index in [1.807, 2.05) is 6.08 Å². The van der Waals surface area contributed by atoms with Crippen molar-refractivity contribution in [1.29, 1.82) is 0 Å². The summed E-state index contributed by atoms with van der Waals surface area (Å²) in [6, 6.07) is 0. The summed E-state index contributed by atoms with van der Waals surface area (Å²) in [6.45, 7) is 13.2. The Morgan fingerprint density at radius 1 is 1.32 bits per heavy atom. The third kappa shape index (κ3) is 4.55. The molecule has 0 radical (unpaired) electrons. The SMILES string of the molecule is CC(=O)OCC=C(C)CCC1C(C)=CCC2C(C)(C)CC(O)CC12C. The van der Waals surface area contributed by atoms with Gasteiger partial charge >= 0.3 is 5.97 Å². The highest BCUT2D eigenvalue weighted by atomic mass is 16.5. The van der Waals surface area contributed by atoms with Gasteiger partial charge in [0.1, 0.15) is 6.61 Å². The summed E-state index contributed by atoms with van der Waals surface area (Å²) in [5.74, 6) is 0.906. The fourth-order valence-corrected chi connectivity index (χ4v) is 5.64. The summed E-state index contributed by atoms with van der Waals surface area (Å²) >= 11 is 0. The number of hydrogen-bond acceptors (Lipinski definition) is 3. The fourth-order valence-electron chi connectivity index (χ4n) is 5.64. The summed E-state index contributed by atoms with van der Waals surface area (Å²) in [6.07, 6.45) is 9.33. The highest BCUT2D eigenvalue weighted by Crippen LogP contribution is 2.60. The summed E-state index contributed by atoms with van der Waals surface area (Å²) in [5.41, 5.74) is 3.10. The first-order valence-electron chi connectivity index (χ1n) is 9.70. The monoisotopic (exact) mass is 348 g/mol. The topological polar surface area (TPSA) is 46.5 Å². The predicted molar refractivity (Wildman–Crippen MR) is 102 cm³/mol. The van der Waals surface area contributed by atoms with Crippen LogP contribution in [0.5, 0.6) is 0 Å². The molecule has 3 nitrogen and oxygen atoms in total. The molecule has 0 heterocycles. The number of hydrogen-bond donors (Lipinski definition) is 1. The molecule has 2 aliphatic rings. The second-order valence-electron chi connectivity index (χ2n) is 9.24. The van der Waals surface area contributed by atoms with Crippen molar-refractivity contribution in [3.8, 4) is 0 Å². The molecule has 0 saturated heterocycles. The van der Waals surface area contributed by atoms with Crippen molar-refractivity contribution in [1.82, 2.24) is 0 Å². The Balaban J connectivity index is 2.11. The van der Waals surface area contributed by atoms with Gasteiger partial charge < -0.3 is 9.84 Å². The highest BCUT2D eigenvalue weighted by Gasteiger charge is 2.53. The number of rotatable bonds is 5. The number of aliphatic hydroxyl groups is 1. The lowest BCUT2D eigenvalue weighted by Crippen LogP contribution is -2.52. The molecule has 142 valence electrons. The van der Waals surface area contributed by atoms with Gasteiger partial charge in [-0.25, -0.2) is 0 Å². The average Bonchev–Trinajstić information content (AvgIpc) is 2.43. The molecule has 0 aliphatic heterocycles. The van der Waals surface area contributed by atoms with Crippen molar-refractivity contribution in [2.75, 3.05) is 6.61 Å². The molecule has 0 aromatic carbocycles. The van der Waals surface area contributed by atoms with Crippen molar-refractivity contribution in [2.45, 2.75) is 79.8 Å². The van der Waals surface area contributed by atoms with Crippen LogP contribution in [0.2, 0.25) is 0 Å². The summed E-state index contributed by atoms with van der Waals surface area (Å²) in [4.78, 5) is 10.9. The Morgan fingerprint density at radius 3 is 2.64 bits per heavy atom. The molecule has 2 aliphatic carbocycles. The molecule has 1 N–H and O–H groups in total. The van der Waals surface area contributed by atoms with Crippen LogP contribution in [0.1, 0.15) is 73.6 Å². The number of esters is 1. The van der Waals surface area contributed by atoms with E-state index in [9.17, 15) is 9.90 Å². The zero-order chi connectivity index (χ0) is 18.8. The molecule has 4 unspecified atom stereocenters. The first-order valence-corrected chi connectivity index (χ1v) is 9.70. The van der Waals surface area contributed by atoms with Crippen molar-refractivity contribution >= 4 is 5.97 Å². The maximum Gasteiger partial charge on any atom is 0.302 e. The second kappa shape index (κ2) is 7.65. The number of carbonyl (C=O) groups excluding carboxylic acids is 1. The van der Waals surface area contributed by atoms with Crippen LogP contribution < -0.4 is 0 Å². The summed E-state index contributed by atoms with van der Waals surface area (Å²) in [7, 11) is 0. The molecule has 1 fully saturated rings. The third-order valence-electron chi connectivity index (χ3n) is 6.74. The van der Waals surface area contributed by atoms with Crippen LogP contribution in [0, 0.1) is 22.7 Å². The van der Waals surface area contributed by atoms with Gasteiger partial charge in [0.2, 0.25) is 0 Å². The van der Waals surface area contributed by atoms with Crippen LogP contribution in [0.4, 0.5) is 0 Å². The molecule has 0 aromatic rings. The molecular formula is C22H36O3. The van der Waals surface area contributed by atoms with Gasteiger partial charge in [0, 0.05) is 6.92 Å². The molecule has 0 bridgehead atoms. The maximum absolute atomic E-state index is 10.9. The van der Waals surface area contributed by atoms with E-state index in [4.69, 9.17) is 4.74 Å². The van der Waals surface area contributed by atoms with Gasteiger partial charge in [-0.15, -0.1) is 0 Å². The molecule has 2 rings (SSSR count). The lowest BCUT2D eigenvalue weighted by Gasteiger charge is -2.58. The smallest absolute Gasteiger partial charge is 0.302 e. The van der Waals surface area contributed by atoms with Crippen molar-refractivity contribution in [3.63, 3.8) is 0 Å². The quantitative estimate of drug-likeness (QED) is 0.559. The van der Waals surface area contributed by atoms with Crippen LogP contribution in [-0.2, 0) is 9.53 Å². The van der Waals surface area contributed by atoms with E-state index in [1.54, 1.807) is 0 Å². The molecule has 25 heavy (non-hydrogen) atoms. The van der Waals surface area contributed by atoms with E-state index in [2.05, 4.69) is 40.7 Å². The van der Waals surface area contributed by atoms with E-state index >= 15 is 0 Å². The highest BCUT2D eigenvalue weighted by molar-refractivity contribution is 5.66. The minimum absolute atomic E-state index is 0.163. The fraction of sp³-hybridized carbons (Fsp3) is 0.773. The minimum atomic E-state index is -0.233. The van der Waals surface area contributed by atoms with E-state index in [1.165, 1.54) is 18.1 Å². The predicted octanol–water partition coefficient (Wildman–Crippen LogP) is 5.05. The normalized spacial score (nSPS) is 34.9. The molecule has 0 spiro atoms. The zero-order valence-corrected chi connectivity index (χ0v) is 16.9. The van der Waals surface area contributed by atoms with Crippen LogP contribution in [0.25, 0.3) is 0 Å². The number of fused-ring (bicyclic) bond motifs is 1. The Morgan fingerprint density at radius 2 is 2.00 bits per heavy atom. The van der Waals surface area contributed by atoms with Gasteiger partial charge in [-0.2, -0.15) is 0 Å². The van der Waals surface area contributed by atoms with E-state index in [0.29, 0.717) is 18.4 Å². The molecule has 0 aromatic heterocycles. The van der Waals surface area contributed by atoms with Gasteiger partial charge in [-0.05, 0) is 74.7 Å². The van der Waals surface area contributed by atoms with E-state index in [0.717, 1.165) is 32.1 Å². The Labute approximate surface area is 153 Å². The van der Waals surface area contributed by atoms with Crippen LogP contribution in [0.15, 0.2) is 23.3 Å². The van der Waals surface area contributed by atoms with Gasteiger partial charge in [0.15, 0.2) is 0 Å². The second-order valence-corrected chi connectivity index (χ2v) is 9.24. The Kier molecular flexibility index (Phi) is 6.19. The van der Waals surface area contributed by atoms with Crippen molar-refractivity contribution in [3.05, 3.63) is 23.3 Å². The van der Waals surface area contributed by atoms with E-state index < -0.39 is 0 Å². The molecular weight excluding hydrogens is 312 g/mol. The largest absolute Gasteiger partial charge is 0.462 e. The van der Waals surface area contributed by atoms with E-state index in [-0.39, 0.29) is 22.9 Å². The van der Waals surface area contributed by atoms with Gasteiger partial charge in [-0.3, -0.25) is 4.79 Å². The summed E-state index contributed by atoms with van der Waals surface area (Å²) < 4.78 is 5.01. The zero-order valence-electron chi connectivity index (χ0n) is 16.9. The minimum Gasteiger partial charge on any atom is -0.462 e. The van der Waals surface area contributed by atoms with Crippen molar-refractivity contribution in [2.24, 2.45) is 22.7 Å². The lowest BCUT2D eigenvalue weighted by atomic mass is 9.47. The number of ether oxygens (including phenoxy) is 1. The number of aliphatic hydroxyl groups excluding tert-OH is 1. The first kappa shape index (κ1) is 20.2. The molecule has 0 amide bonds. The van der Waals surface area contributed by atoms with Gasteiger partial charge in [-0.1, -0.05) is 38.0 Å². The molecule has 3 heteroatoms. The number of allylic oxidation sites excluding steroid dienone is 3. The Bertz CT molecular complexity index is 558. The van der Waals surface area contributed by atoms with Crippen molar-refractivity contribution < 1.29 is 14.6 Å². The molecule has 4 atom stereocenters. The Hall–Kier alpha value is -1.09. The van der Waals surface area contributed by atoms with Crippen LogP contribution >= 0.6 is 0 Å². The average molecular weight is 349 g/mol. The first-order chi connectivity index (χ1) is 11.6. The number of carbonyl (C=O) groups is 1. The summed E-state index contributed by atoms with van der Waals surface area (Å²) in [5, 5.41) is 10.5. The van der Waals surface area contributed by atoms with Gasteiger partial charge in [0.25, 0.3) is 0 Å². The maximum atomic E-state index is 10.9. The molecule has 1 saturated carbocycles. The standard InChI is InChI=1S/C22H36O3/c1-15(11-12-25-17(3)23)7-9-19-16(2)8-10-20-21(4,5)13-18(24)14-22(19,20)6/h8,11,18-20,24H,7,9-10,12-14H2,1-6H3.